The lowest BCUT2D eigenvalue weighted by atomic mass is 9.80. The molecule has 282 valence electrons. The van der Waals surface area contributed by atoms with Crippen molar-refractivity contribution in [2.24, 2.45) is 0 Å². The van der Waals surface area contributed by atoms with Crippen LogP contribution >= 0.6 is 0 Å². The van der Waals surface area contributed by atoms with Gasteiger partial charge in [-0.3, -0.25) is 20.0 Å². The van der Waals surface area contributed by atoms with E-state index in [4.69, 9.17) is 23.7 Å². The van der Waals surface area contributed by atoms with Crippen molar-refractivity contribution in [3.05, 3.63) is 154 Å². The maximum atomic E-state index is 12.7. The molecular weight excluding hydrogens is 708 g/mol. The number of hydrogen-bond acceptors (Lipinski definition) is 12. The average molecular weight is 747 g/mol. The van der Waals surface area contributed by atoms with Crippen molar-refractivity contribution in [3.8, 4) is 5.75 Å². The molecule has 15 nitrogen and oxygen atoms in total. The summed E-state index contributed by atoms with van der Waals surface area (Å²) in [7, 11) is 3.12. The van der Waals surface area contributed by atoms with Gasteiger partial charge in [0.2, 0.25) is 0 Å². The zero-order valence-electron chi connectivity index (χ0n) is 29.9. The number of carbonyl (C=O) groups is 1. The van der Waals surface area contributed by atoms with Crippen LogP contribution in [0.1, 0.15) is 28.5 Å². The Kier molecular flexibility index (Phi) is 11.1. The van der Waals surface area contributed by atoms with E-state index in [1.54, 1.807) is 23.8 Å². The van der Waals surface area contributed by atoms with Gasteiger partial charge in [-0.15, -0.1) is 0 Å². The van der Waals surface area contributed by atoms with Crippen LogP contribution in [-0.4, -0.2) is 81.4 Å². The van der Waals surface area contributed by atoms with Crippen LogP contribution in [0.15, 0.2) is 122 Å². The third kappa shape index (κ3) is 7.59. The molecule has 55 heavy (non-hydrogen) atoms. The fourth-order valence-corrected chi connectivity index (χ4v) is 6.81. The number of aromatic nitrogens is 4. The molecule has 1 aliphatic rings. The van der Waals surface area contributed by atoms with E-state index in [1.165, 1.54) is 31.9 Å². The molecule has 0 radical (unpaired) electrons. The fourth-order valence-electron chi connectivity index (χ4n) is 6.81. The van der Waals surface area contributed by atoms with Gasteiger partial charge < -0.3 is 28.8 Å². The molecule has 1 saturated heterocycles. The molecule has 4 aromatic carbocycles. The first kappa shape index (κ1) is 37.1. The molecule has 1 amide bonds. The molecule has 1 aliphatic heterocycles. The third-order valence-corrected chi connectivity index (χ3v) is 9.53. The van der Waals surface area contributed by atoms with Crippen LogP contribution in [0, 0.1) is 10.1 Å². The van der Waals surface area contributed by atoms with E-state index in [0.29, 0.717) is 12.2 Å². The number of imidazole rings is 1. The number of nitrogens with zero attached hydrogens (tertiary/aromatic N) is 5. The number of fused-ring (bicyclic) bond motifs is 1. The number of aliphatic hydroxyl groups excluding tert-OH is 1. The number of carbonyl (C=O) groups excluding carboxylic acids is 1. The van der Waals surface area contributed by atoms with Crippen LogP contribution in [0.3, 0.4) is 0 Å². The van der Waals surface area contributed by atoms with Crippen LogP contribution in [-0.2, 0) is 31.0 Å². The summed E-state index contributed by atoms with van der Waals surface area (Å²) in [5.74, 6) is 0.796. The molecule has 0 bridgehead atoms. The van der Waals surface area contributed by atoms with Crippen molar-refractivity contribution in [3.63, 3.8) is 0 Å². The van der Waals surface area contributed by atoms with Crippen molar-refractivity contribution in [1.29, 1.82) is 0 Å². The number of ether oxygens (including phenoxy) is 5. The van der Waals surface area contributed by atoms with Crippen LogP contribution in [0.25, 0.3) is 11.2 Å². The van der Waals surface area contributed by atoms with Crippen LogP contribution in [0.4, 0.5) is 16.3 Å². The topological polar surface area (TPSA) is 182 Å². The number of amides is 1. The maximum Gasteiger partial charge on any atom is 0.412 e. The molecule has 2 aromatic heterocycles. The van der Waals surface area contributed by atoms with Crippen LogP contribution in [0.2, 0.25) is 0 Å². The minimum Gasteiger partial charge on any atom is -0.497 e. The van der Waals surface area contributed by atoms with Gasteiger partial charge in [0.15, 0.2) is 23.2 Å². The number of methoxy groups -OCH3 is 2. The monoisotopic (exact) mass is 746 g/mol. The second-order valence-corrected chi connectivity index (χ2v) is 12.7. The summed E-state index contributed by atoms with van der Waals surface area (Å²) in [6.07, 6.45) is -1.40. The van der Waals surface area contributed by atoms with Gasteiger partial charge >= 0.3 is 6.09 Å². The van der Waals surface area contributed by atoms with Crippen molar-refractivity contribution < 1.29 is 38.5 Å². The van der Waals surface area contributed by atoms with Gasteiger partial charge in [0.25, 0.3) is 5.69 Å². The molecular formula is C40H38N6O9. The van der Waals surface area contributed by atoms with Gasteiger partial charge in [-0.05, 0) is 34.4 Å². The second kappa shape index (κ2) is 16.4. The molecule has 0 saturated carbocycles. The van der Waals surface area contributed by atoms with Crippen molar-refractivity contribution >= 4 is 28.8 Å². The number of nitrogens with one attached hydrogen (secondary N) is 1. The Morgan fingerprint density at radius 1 is 0.909 bits per heavy atom. The Morgan fingerprint density at radius 2 is 1.56 bits per heavy atom. The molecule has 4 atom stereocenters. The molecule has 6 aromatic rings. The Hall–Kier alpha value is -6.26. The Balaban J connectivity index is 1.10. The Bertz CT molecular complexity index is 2180. The highest BCUT2D eigenvalue weighted by Crippen LogP contribution is 2.43. The molecule has 3 heterocycles. The van der Waals surface area contributed by atoms with E-state index in [1.807, 2.05) is 84.9 Å². The van der Waals surface area contributed by atoms with Gasteiger partial charge in [0, 0.05) is 25.7 Å². The Morgan fingerprint density at radius 3 is 2.18 bits per heavy atom. The van der Waals surface area contributed by atoms with E-state index >= 15 is 0 Å². The number of benzene rings is 4. The van der Waals surface area contributed by atoms with Gasteiger partial charge in [-0.1, -0.05) is 84.9 Å². The number of anilines is 1. The minimum absolute atomic E-state index is 0.0159. The summed E-state index contributed by atoms with van der Waals surface area (Å²) in [4.78, 5) is 36.1. The molecule has 0 aliphatic carbocycles. The predicted molar refractivity (Wildman–Crippen MR) is 200 cm³/mol. The van der Waals surface area contributed by atoms with Crippen LogP contribution in [0.5, 0.6) is 5.75 Å². The average Bonchev–Trinajstić information content (AvgIpc) is 3.79. The Labute approximate surface area is 315 Å². The number of rotatable bonds is 14. The van der Waals surface area contributed by atoms with Gasteiger partial charge in [0.05, 0.1) is 31.6 Å². The normalized spacial score (nSPS) is 18.2. The van der Waals surface area contributed by atoms with Gasteiger partial charge in [0.1, 0.15) is 36.0 Å². The first-order valence-electron chi connectivity index (χ1n) is 17.4. The highest BCUT2D eigenvalue weighted by atomic mass is 16.6. The standard InChI is InChI=1S/C40H38N6O9/c1-51-31-19-15-29(16-20-31)40(27-9-5-3-6-10-27,28-11-7-4-8-12-28)54-23-32-35(52-2)34(47)38(55-32)45-25-43-33-36(41-24-42-37(33)45)44-39(48)53-22-21-26-13-17-30(18-14-26)46(49)50/h3-20,24-25,32,34-35,38,47H,21-23H2,1-2H3,(H,41,42,44,48)/t32-,34-,35-,38-/m1/s1. The number of nitro benzene ring substituents is 1. The summed E-state index contributed by atoms with van der Waals surface area (Å²) in [6, 6.07) is 33.5. The van der Waals surface area contributed by atoms with Crippen LogP contribution < -0.4 is 10.1 Å². The first-order valence-corrected chi connectivity index (χ1v) is 17.4. The highest BCUT2D eigenvalue weighted by Gasteiger charge is 2.48. The number of nitro groups is 1. The summed E-state index contributed by atoms with van der Waals surface area (Å²) >= 11 is 0. The lowest BCUT2D eigenvalue weighted by Crippen LogP contribution is -2.40. The maximum absolute atomic E-state index is 12.7. The minimum atomic E-state index is -1.16. The summed E-state index contributed by atoms with van der Waals surface area (Å²) in [5, 5.41) is 25.1. The van der Waals surface area contributed by atoms with E-state index in [-0.39, 0.29) is 35.9 Å². The van der Waals surface area contributed by atoms with Crippen molar-refractivity contribution in [2.45, 2.75) is 36.6 Å². The molecule has 1 fully saturated rings. The lowest BCUT2D eigenvalue weighted by molar-refractivity contribution is -0.384. The molecule has 15 heteroatoms. The van der Waals surface area contributed by atoms with E-state index < -0.39 is 41.2 Å². The first-order chi connectivity index (χ1) is 26.8. The predicted octanol–water partition coefficient (Wildman–Crippen LogP) is 5.82. The molecule has 0 unspecified atom stereocenters. The van der Waals surface area contributed by atoms with Gasteiger partial charge in [-0.2, -0.15) is 0 Å². The quantitative estimate of drug-likeness (QED) is 0.0776. The molecule has 0 spiro atoms. The largest absolute Gasteiger partial charge is 0.497 e. The summed E-state index contributed by atoms with van der Waals surface area (Å²) in [5.41, 5.74) is 2.83. The van der Waals surface area contributed by atoms with E-state index in [2.05, 4.69) is 20.3 Å². The zero-order valence-corrected chi connectivity index (χ0v) is 29.9. The third-order valence-electron chi connectivity index (χ3n) is 9.53. The highest BCUT2D eigenvalue weighted by molar-refractivity contribution is 5.93. The summed E-state index contributed by atoms with van der Waals surface area (Å²) < 4.78 is 31.7. The second-order valence-electron chi connectivity index (χ2n) is 12.7. The number of non-ortho nitro benzene ring substituents is 1. The van der Waals surface area contributed by atoms with Crippen molar-refractivity contribution in [2.75, 3.05) is 32.8 Å². The molecule has 7 rings (SSSR count). The van der Waals surface area contributed by atoms with Gasteiger partial charge in [-0.25, -0.2) is 19.7 Å². The zero-order chi connectivity index (χ0) is 38.4. The number of aliphatic hydroxyl groups is 1. The number of hydrogen-bond donors (Lipinski definition) is 2. The summed E-state index contributed by atoms with van der Waals surface area (Å²) in [6.45, 7) is 0.0343. The fraction of sp³-hybridized carbons (Fsp3) is 0.250. The smallest absolute Gasteiger partial charge is 0.412 e. The van der Waals surface area contributed by atoms with Crippen molar-refractivity contribution in [1.82, 2.24) is 19.5 Å². The SMILES string of the molecule is COc1ccc(C(OC[C@H]2O[C@@H](n3cnc4c(NC(=O)OCCc5ccc([N+](=O)[O-])cc5)ncnc43)[C@H](O)[C@@H]2OC)(c2ccccc2)c2ccccc2)cc1. The van der Waals surface area contributed by atoms with E-state index in [9.17, 15) is 20.0 Å². The lowest BCUT2D eigenvalue weighted by Gasteiger charge is -2.37. The van der Waals surface area contributed by atoms with E-state index in [0.717, 1.165) is 22.3 Å². The molecule has 2 N–H and O–H groups in total.